The third-order valence-corrected chi connectivity index (χ3v) is 0. The fourth-order valence-corrected chi connectivity index (χ4v) is 0. The van der Waals surface area contributed by atoms with Gasteiger partial charge in [-0.15, -0.1) is 0 Å². The van der Waals surface area contributed by atoms with E-state index in [1.165, 1.54) is 0 Å². The molecule has 0 atom stereocenters. The van der Waals surface area contributed by atoms with Gasteiger partial charge in [-0.05, 0) is 0 Å². The van der Waals surface area contributed by atoms with E-state index in [0.717, 1.165) is 0 Å². The van der Waals surface area contributed by atoms with Crippen molar-refractivity contribution in [1.29, 1.82) is 0 Å². The molecule has 0 saturated heterocycles. The molecule has 0 radical (unpaired) electrons. The van der Waals surface area contributed by atoms with Crippen molar-refractivity contribution < 1.29 is 30.0 Å². The Morgan fingerprint density at radius 2 is 0.526 bits per heavy atom. The van der Waals surface area contributed by atoms with Crippen molar-refractivity contribution in [2.24, 2.45) is 0 Å². The Morgan fingerprint density at radius 3 is 0.526 bits per heavy atom. The topological polar surface area (TPSA) is 68.3 Å². The summed E-state index contributed by atoms with van der Waals surface area (Å²) in [5.41, 5.74) is 0. The summed E-state index contributed by atoms with van der Waals surface area (Å²) >= 11 is 6.64. The first-order valence-corrected chi connectivity index (χ1v) is 20.0. The molecule has 11 heteroatoms. The van der Waals surface area contributed by atoms with Gasteiger partial charge >= 0.3 is 40.5 Å². The zero-order valence-electron chi connectivity index (χ0n) is 12.4. The van der Waals surface area contributed by atoms with Crippen molar-refractivity contribution in [3.8, 4) is 0 Å². The normalized spacial score (nSPS) is 8.53. The molecule has 0 heterocycles. The molecule has 0 amide bonds. The molecular weight excluding hydrogens is 549 g/mol. The minimum atomic E-state index is -0.611. The standard InChI is InChI=1S/4C2H6OS.2BrH.Ru/c4*1-4(2)3;;;/h4*1-2H3;2*1H;/q;;;;;;+2/p-2. The maximum atomic E-state index is 9.56. The molecule has 0 bridgehead atoms. The van der Waals surface area contributed by atoms with Gasteiger partial charge in [0.25, 0.3) is 0 Å². The Morgan fingerprint density at radius 1 is 0.526 bits per heavy atom. The second-order valence-corrected chi connectivity index (χ2v) is 17.0. The zero-order valence-corrected chi connectivity index (χ0v) is 20.6. The summed E-state index contributed by atoms with van der Waals surface area (Å²) in [4.78, 5) is 0. The van der Waals surface area contributed by atoms with E-state index in [9.17, 15) is 16.8 Å². The average molecular weight is 573 g/mol. The predicted molar refractivity (Wildman–Crippen MR) is 97.8 cm³/mol. The van der Waals surface area contributed by atoms with Crippen LogP contribution in [0.3, 0.4) is 0 Å². The van der Waals surface area contributed by atoms with Crippen LogP contribution in [0.2, 0.25) is 0 Å². The van der Waals surface area contributed by atoms with Crippen LogP contribution in [0.5, 0.6) is 0 Å². The van der Waals surface area contributed by atoms with E-state index in [4.69, 9.17) is 0 Å². The van der Waals surface area contributed by atoms with Gasteiger partial charge < -0.3 is 0 Å². The Bertz CT molecular complexity index is 191. The van der Waals surface area contributed by atoms with Crippen LogP contribution in [-0.2, 0) is 56.4 Å². The van der Waals surface area contributed by atoms with E-state index in [0.29, 0.717) is 13.2 Å². The monoisotopic (exact) mass is 572 g/mol. The van der Waals surface area contributed by atoms with Gasteiger partial charge in [0.1, 0.15) is 0 Å². The van der Waals surface area contributed by atoms with Gasteiger partial charge in [-0.1, -0.05) is 0 Å². The van der Waals surface area contributed by atoms with Gasteiger partial charge in [-0.2, -0.15) is 0 Å². The molecule has 0 fully saturated rings. The summed E-state index contributed by atoms with van der Waals surface area (Å²) in [6.45, 7) is 0. The van der Waals surface area contributed by atoms with Crippen LogP contribution in [0.15, 0.2) is 0 Å². The van der Waals surface area contributed by atoms with Crippen molar-refractivity contribution in [2.75, 3.05) is 50.0 Å². The molecule has 0 rings (SSSR count). The Balaban J connectivity index is -0.0000000432. The quantitative estimate of drug-likeness (QED) is 0.414. The van der Waals surface area contributed by atoms with Gasteiger partial charge in [-0.3, -0.25) is 16.8 Å². The Hall–Kier alpha value is 2.18. The number of halogens is 2. The summed E-state index contributed by atoms with van der Waals surface area (Å²) in [6.07, 6.45) is 13.1. The first-order chi connectivity index (χ1) is 8.34. The molecule has 0 aliphatic heterocycles. The molecule has 126 valence electrons. The van der Waals surface area contributed by atoms with Crippen LogP contribution in [-0.4, -0.2) is 66.9 Å². The minimum absolute atomic E-state index is 0.335. The zero-order chi connectivity index (χ0) is 17.0. The van der Waals surface area contributed by atoms with Crippen LogP contribution in [0, 0.1) is 0 Å². The van der Waals surface area contributed by atoms with E-state index in [2.05, 4.69) is 27.2 Å². The van der Waals surface area contributed by atoms with E-state index < -0.39 is 43.2 Å². The Kier molecular flexibility index (Phi) is 55.9. The maximum absolute atomic E-state index is 9.56. The molecule has 0 spiro atoms. The third-order valence-electron chi connectivity index (χ3n) is 0. The second-order valence-electron chi connectivity index (χ2n) is 3.02. The second kappa shape index (κ2) is 32.2. The van der Waals surface area contributed by atoms with Crippen molar-refractivity contribution in [3.63, 3.8) is 0 Å². The van der Waals surface area contributed by atoms with E-state index in [-0.39, 0.29) is 0 Å². The van der Waals surface area contributed by atoms with Crippen LogP contribution in [0.25, 0.3) is 0 Å². The molecule has 4 nitrogen and oxygen atoms in total. The molecule has 0 aromatic heterocycles. The first-order valence-electron chi connectivity index (χ1n) is 4.20. The van der Waals surface area contributed by atoms with Crippen molar-refractivity contribution >= 4 is 70.4 Å². The summed E-state index contributed by atoms with van der Waals surface area (Å²) in [5.74, 6) is 0. The third kappa shape index (κ3) is 1400. The molecule has 0 unspecified atom stereocenters. The Labute approximate surface area is 149 Å². The summed E-state index contributed by atoms with van der Waals surface area (Å²) in [5, 5.41) is 0. The summed E-state index contributed by atoms with van der Waals surface area (Å²) in [7, 11) is -2.44. The number of hydrogen-bond acceptors (Lipinski definition) is 4. The molecular formula is C8H24Br2O4RuS4. The molecule has 0 aliphatic carbocycles. The van der Waals surface area contributed by atoms with Crippen molar-refractivity contribution in [1.82, 2.24) is 0 Å². The summed E-state index contributed by atoms with van der Waals surface area (Å²) in [6, 6.07) is 0. The van der Waals surface area contributed by atoms with Crippen LogP contribution < -0.4 is 0 Å². The van der Waals surface area contributed by atoms with Gasteiger partial charge in [0, 0.05) is 93.2 Å². The molecule has 0 aromatic carbocycles. The molecule has 0 aromatic rings. The SMILES string of the molecule is CS(C)=O.CS(C)=O.CS(C)=O.CS(C)=O.[Br][Ru][Br]. The number of rotatable bonds is 0. The van der Waals surface area contributed by atoms with Gasteiger partial charge in [0.05, 0.1) is 0 Å². The fourth-order valence-electron chi connectivity index (χ4n) is 0. The van der Waals surface area contributed by atoms with E-state index in [1.807, 2.05) is 0 Å². The van der Waals surface area contributed by atoms with Gasteiger partial charge in [0.2, 0.25) is 0 Å². The number of hydrogen-bond donors (Lipinski definition) is 0. The van der Waals surface area contributed by atoms with Crippen LogP contribution in [0.1, 0.15) is 0 Å². The van der Waals surface area contributed by atoms with Crippen molar-refractivity contribution in [3.05, 3.63) is 0 Å². The van der Waals surface area contributed by atoms with Gasteiger partial charge in [0.15, 0.2) is 0 Å². The molecule has 0 aliphatic rings. The van der Waals surface area contributed by atoms with Crippen LogP contribution in [0.4, 0.5) is 0 Å². The van der Waals surface area contributed by atoms with E-state index in [1.54, 1.807) is 50.0 Å². The predicted octanol–water partition coefficient (Wildman–Crippen LogP) is 1.67. The first kappa shape index (κ1) is 32.9. The molecule has 0 saturated carbocycles. The fraction of sp³-hybridized carbons (Fsp3) is 1.00. The average Bonchev–Trinajstić information content (AvgIpc) is 1.97. The summed E-state index contributed by atoms with van der Waals surface area (Å²) < 4.78 is 38.2. The van der Waals surface area contributed by atoms with E-state index >= 15 is 0 Å². The molecule has 0 N–H and O–H groups in total. The van der Waals surface area contributed by atoms with Crippen molar-refractivity contribution in [2.45, 2.75) is 0 Å². The molecule has 19 heavy (non-hydrogen) atoms. The van der Waals surface area contributed by atoms with Crippen LogP contribution >= 0.6 is 27.2 Å². The van der Waals surface area contributed by atoms with Gasteiger partial charge in [-0.25, -0.2) is 0 Å².